The van der Waals surface area contributed by atoms with Crippen molar-refractivity contribution < 1.29 is 4.74 Å². The van der Waals surface area contributed by atoms with Crippen LogP contribution in [0.15, 0.2) is 18.2 Å². The number of ether oxygens (including phenoxy) is 1. The molecular formula is C14H22ClNO. The van der Waals surface area contributed by atoms with E-state index < -0.39 is 0 Å². The number of benzene rings is 1. The van der Waals surface area contributed by atoms with E-state index in [-0.39, 0.29) is 5.60 Å². The summed E-state index contributed by atoms with van der Waals surface area (Å²) in [6.07, 6.45) is 0.950. The molecule has 0 radical (unpaired) electrons. The van der Waals surface area contributed by atoms with E-state index in [1.54, 1.807) is 7.11 Å². The van der Waals surface area contributed by atoms with Gasteiger partial charge in [0.15, 0.2) is 0 Å². The zero-order valence-electron chi connectivity index (χ0n) is 11.3. The average molecular weight is 256 g/mol. The Morgan fingerprint density at radius 3 is 2.59 bits per heavy atom. The van der Waals surface area contributed by atoms with Crippen molar-refractivity contribution in [2.75, 3.05) is 12.4 Å². The minimum atomic E-state index is -0.104. The number of methoxy groups -OCH3 is 1. The van der Waals surface area contributed by atoms with Crippen molar-refractivity contribution >= 4 is 17.3 Å². The molecule has 0 bridgehead atoms. The van der Waals surface area contributed by atoms with Gasteiger partial charge in [0.2, 0.25) is 0 Å². The molecule has 2 nitrogen and oxygen atoms in total. The zero-order valence-corrected chi connectivity index (χ0v) is 12.1. The molecule has 1 rings (SSSR count). The van der Waals surface area contributed by atoms with Crippen LogP contribution in [0, 0.1) is 6.92 Å². The summed E-state index contributed by atoms with van der Waals surface area (Å²) >= 11 is 5.93. The molecule has 0 aromatic heterocycles. The van der Waals surface area contributed by atoms with Crippen LogP contribution in [0.25, 0.3) is 0 Å². The first-order valence-electron chi connectivity index (χ1n) is 5.92. The number of aryl methyl sites for hydroxylation is 1. The zero-order chi connectivity index (χ0) is 13.1. The van der Waals surface area contributed by atoms with Crippen LogP contribution in [0.3, 0.4) is 0 Å². The first-order valence-corrected chi connectivity index (χ1v) is 6.30. The summed E-state index contributed by atoms with van der Waals surface area (Å²) in [5.41, 5.74) is 2.20. The summed E-state index contributed by atoms with van der Waals surface area (Å²) in [4.78, 5) is 0. The average Bonchev–Trinajstić information content (AvgIpc) is 2.21. The Balaban J connectivity index is 2.65. The molecule has 1 aromatic rings. The highest BCUT2D eigenvalue weighted by Crippen LogP contribution is 2.23. The lowest BCUT2D eigenvalue weighted by atomic mass is 9.99. The molecule has 96 valence electrons. The quantitative estimate of drug-likeness (QED) is 0.849. The number of nitrogens with one attached hydrogen (secondary N) is 1. The number of halogens is 1. The predicted molar refractivity (Wildman–Crippen MR) is 75.0 cm³/mol. The van der Waals surface area contributed by atoms with Gasteiger partial charge in [-0.15, -0.1) is 0 Å². The van der Waals surface area contributed by atoms with Gasteiger partial charge in [-0.05, 0) is 57.9 Å². The minimum absolute atomic E-state index is 0.104. The van der Waals surface area contributed by atoms with Gasteiger partial charge in [-0.2, -0.15) is 0 Å². The Kier molecular flexibility index (Phi) is 4.84. The Labute approximate surface area is 109 Å². The fourth-order valence-corrected chi connectivity index (χ4v) is 2.15. The Morgan fingerprint density at radius 2 is 2.06 bits per heavy atom. The molecule has 3 heteroatoms. The van der Waals surface area contributed by atoms with Crippen LogP contribution >= 0.6 is 11.6 Å². The molecule has 1 N–H and O–H groups in total. The summed E-state index contributed by atoms with van der Waals surface area (Å²) in [7, 11) is 1.75. The Morgan fingerprint density at radius 1 is 1.41 bits per heavy atom. The van der Waals surface area contributed by atoms with Crippen molar-refractivity contribution in [2.45, 2.75) is 45.8 Å². The summed E-state index contributed by atoms with van der Waals surface area (Å²) in [5, 5.41) is 4.27. The lowest BCUT2D eigenvalue weighted by Crippen LogP contribution is -2.31. The lowest BCUT2D eigenvalue weighted by molar-refractivity contribution is 0.0128. The van der Waals surface area contributed by atoms with Gasteiger partial charge in [0.05, 0.1) is 5.60 Å². The summed E-state index contributed by atoms with van der Waals surface area (Å²) in [5.74, 6) is 0. The number of hydrogen-bond donors (Lipinski definition) is 1. The van der Waals surface area contributed by atoms with Gasteiger partial charge in [0, 0.05) is 23.9 Å². The maximum atomic E-state index is 5.93. The van der Waals surface area contributed by atoms with Crippen LogP contribution in [-0.2, 0) is 4.74 Å². The number of anilines is 1. The third-order valence-corrected chi connectivity index (χ3v) is 3.18. The molecule has 0 saturated heterocycles. The predicted octanol–water partition coefficient (Wildman–Crippen LogP) is 4.26. The van der Waals surface area contributed by atoms with Gasteiger partial charge in [-0.3, -0.25) is 0 Å². The molecule has 17 heavy (non-hydrogen) atoms. The summed E-state index contributed by atoms with van der Waals surface area (Å²) < 4.78 is 5.43. The molecule has 0 fully saturated rings. The molecule has 0 aliphatic rings. The summed E-state index contributed by atoms with van der Waals surface area (Å²) in [6, 6.07) is 6.25. The highest BCUT2D eigenvalue weighted by molar-refractivity contribution is 6.30. The number of rotatable bonds is 5. The second-order valence-electron chi connectivity index (χ2n) is 5.17. The number of hydrogen-bond acceptors (Lipinski definition) is 2. The van der Waals surface area contributed by atoms with E-state index in [0.29, 0.717) is 6.04 Å². The maximum Gasteiger partial charge on any atom is 0.0642 e. The fraction of sp³-hybridized carbons (Fsp3) is 0.571. The van der Waals surface area contributed by atoms with E-state index in [4.69, 9.17) is 16.3 Å². The van der Waals surface area contributed by atoms with E-state index in [1.807, 2.05) is 18.2 Å². The Bertz CT molecular complexity index is 376. The Hall–Kier alpha value is -0.730. The van der Waals surface area contributed by atoms with Gasteiger partial charge in [0.25, 0.3) is 0 Å². The van der Waals surface area contributed by atoms with Crippen molar-refractivity contribution in [1.29, 1.82) is 0 Å². The van der Waals surface area contributed by atoms with Gasteiger partial charge >= 0.3 is 0 Å². The first kappa shape index (κ1) is 14.3. The third kappa shape index (κ3) is 4.57. The lowest BCUT2D eigenvalue weighted by Gasteiger charge is -2.28. The molecule has 0 aliphatic carbocycles. The molecule has 0 saturated carbocycles. The minimum Gasteiger partial charge on any atom is -0.382 e. The second kappa shape index (κ2) is 5.74. The van der Waals surface area contributed by atoms with Gasteiger partial charge in [-0.1, -0.05) is 11.6 Å². The van der Waals surface area contributed by atoms with Gasteiger partial charge in [-0.25, -0.2) is 0 Å². The molecule has 0 spiro atoms. The van der Waals surface area contributed by atoms with Crippen molar-refractivity contribution in [3.63, 3.8) is 0 Å². The van der Waals surface area contributed by atoms with Crippen molar-refractivity contribution in [3.8, 4) is 0 Å². The van der Waals surface area contributed by atoms with Crippen LogP contribution in [-0.4, -0.2) is 18.8 Å². The van der Waals surface area contributed by atoms with Crippen LogP contribution in [0.4, 0.5) is 5.69 Å². The topological polar surface area (TPSA) is 21.3 Å². The standard InChI is InChI=1S/C14H22ClNO/c1-10-8-12(15)6-7-13(10)16-11(2)9-14(3,4)17-5/h6-8,11,16H,9H2,1-5H3. The van der Waals surface area contributed by atoms with Crippen LogP contribution in [0.1, 0.15) is 32.8 Å². The first-order chi connectivity index (χ1) is 7.84. The highest BCUT2D eigenvalue weighted by atomic mass is 35.5. The van der Waals surface area contributed by atoms with Crippen LogP contribution in [0.5, 0.6) is 0 Å². The van der Waals surface area contributed by atoms with Crippen molar-refractivity contribution in [3.05, 3.63) is 28.8 Å². The summed E-state index contributed by atoms with van der Waals surface area (Å²) in [6.45, 7) is 8.41. The monoisotopic (exact) mass is 255 g/mol. The van der Waals surface area contributed by atoms with E-state index in [1.165, 1.54) is 5.56 Å². The second-order valence-corrected chi connectivity index (χ2v) is 5.61. The highest BCUT2D eigenvalue weighted by Gasteiger charge is 2.20. The van der Waals surface area contributed by atoms with E-state index in [0.717, 1.165) is 17.1 Å². The van der Waals surface area contributed by atoms with Crippen LogP contribution < -0.4 is 5.32 Å². The molecule has 1 unspecified atom stereocenters. The molecular weight excluding hydrogens is 234 g/mol. The SMILES string of the molecule is COC(C)(C)CC(C)Nc1ccc(Cl)cc1C. The van der Waals surface area contributed by atoms with E-state index >= 15 is 0 Å². The molecule has 0 heterocycles. The molecule has 1 atom stereocenters. The smallest absolute Gasteiger partial charge is 0.0642 e. The molecule has 1 aromatic carbocycles. The largest absolute Gasteiger partial charge is 0.382 e. The molecule has 0 amide bonds. The maximum absolute atomic E-state index is 5.93. The van der Waals surface area contributed by atoms with Gasteiger partial charge in [0.1, 0.15) is 0 Å². The van der Waals surface area contributed by atoms with E-state index in [2.05, 4.69) is 33.0 Å². The molecule has 0 aliphatic heterocycles. The van der Waals surface area contributed by atoms with Crippen molar-refractivity contribution in [1.82, 2.24) is 0 Å². The van der Waals surface area contributed by atoms with Crippen LogP contribution in [0.2, 0.25) is 5.02 Å². The van der Waals surface area contributed by atoms with E-state index in [9.17, 15) is 0 Å². The third-order valence-electron chi connectivity index (χ3n) is 2.94. The van der Waals surface area contributed by atoms with Gasteiger partial charge < -0.3 is 10.1 Å². The normalized spacial score (nSPS) is 13.5. The fourth-order valence-electron chi connectivity index (χ4n) is 1.93. The van der Waals surface area contributed by atoms with Crippen molar-refractivity contribution in [2.24, 2.45) is 0 Å².